The van der Waals surface area contributed by atoms with Crippen LogP contribution in [0.3, 0.4) is 0 Å². The van der Waals surface area contributed by atoms with Gasteiger partial charge in [-0.3, -0.25) is 14.4 Å². The molecule has 0 aromatic rings. The first kappa shape index (κ1) is 19.3. The smallest absolute Gasteiger partial charge is 0.309 e. The first-order valence-corrected chi connectivity index (χ1v) is 11.3. The summed E-state index contributed by atoms with van der Waals surface area (Å²) in [6.07, 6.45) is 8.31. The summed E-state index contributed by atoms with van der Waals surface area (Å²) in [6.45, 7) is 4.64. The molecule has 4 fully saturated rings. The van der Waals surface area contributed by atoms with Crippen LogP contribution in [-0.4, -0.2) is 30.4 Å². The van der Waals surface area contributed by atoms with E-state index in [2.05, 4.69) is 13.8 Å². The maximum absolute atomic E-state index is 12.9. The van der Waals surface area contributed by atoms with E-state index in [0.29, 0.717) is 42.9 Å². The van der Waals surface area contributed by atoms with E-state index in [0.717, 1.165) is 37.7 Å². The minimum absolute atomic E-state index is 0.0183. The van der Waals surface area contributed by atoms with E-state index in [4.69, 9.17) is 9.47 Å². The lowest BCUT2D eigenvalue weighted by molar-refractivity contribution is -0.167. The van der Waals surface area contributed by atoms with E-state index in [-0.39, 0.29) is 40.6 Å². The second kappa shape index (κ2) is 6.42. The summed E-state index contributed by atoms with van der Waals surface area (Å²) in [6, 6.07) is 0. The number of hydrogen-bond acceptors (Lipinski definition) is 5. The van der Waals surface area contributed by atoms with Crippen molar-refractivity contribution in [2.24, 2.45) is 40.9 Å². The monoisotopic (exact) mass is 400 g/mol. The molecule has 4 aliphatic carbocycles. The Kier molecular flexibility index (Phi) is 4.28. The van der Waals surface area contributed by atoms with Crippen molar-refractivity contribution in [3.05, 3.63) is 11.6 Å². The largest absolute Gasteiger partial charge is 0.469 e. The van der Waals surface area contributed by atoms with E-state index < -0.39 is 0 Å². The minimum atomic E-state index is -0.304. The molecule has 5 nitrogen and oxygen atoms in total. The average Bonchev–Trinajstić information content (AvgIpc) is 3.24. The Hall–Kier alpha value is -1.65. The van der Waals surface area contributed by atoms with Gasteiger partial charge >= 0.3 is 11.9 Å². The SMILES string of the molecule is COC(=O)[C@@H]1CC2=CC(=O)CCC2(C)C2C1C1CC[C@@]3(CCC(=O)O3)C1C[C@H]2C. The highest BCUT2D eigenvalue weighted by Gasteiger charge is 2.65. The fraction of sp³-hybridized carbons (Fsp3) is 0.792. The third kappa shape index (κ3) is 2.61. The Balaban J connectivity index is 1.58. The van der Waals surface area contributed by atoms with Gasteiger partial charge in [-0.05, 0) is 73.7 Å². The number of fused-ring (bicyclic) bond motifs is 6. The van der Waals surface area contributed by atoms with Gasteiger partial charge in [0, 0.05) is 18.8 Å². The molecule has 1 aliphatic heterocycles. The number of carbonyl (C=O) groups excluding carboxylic acids is 3. The van der Waals surface area contributed by atoms with Gasteiger partial charge in [0.05, 0.1) is 13.0 Å². The normalized spacial score (nSPS) is 48.4. The van der Waals surface area contributed by atoms with Crippen LogP contribution >= 0.6 is 0 Å². The summed E-state index contributed by atoms with van der Waals surface area (Å²) >= 11 is 0. The van der Waals surface area contributed by atoms with Gasteiger partial charge in [-0.25, -0.2) is 0 Å². The number of allylic oxidation sites excluding steroid dienone is 1. The van der Waals surface area contributed by atoms with Crippen LogP contribution in [0.25, 0.3) is 0 Å². The van der Waals surface area contributed by atoms with Gasteiger partial charge < -0.3 is 9.47 Å². The van der Waals surface area contributed by atoms with Crippen LogP contribution in [0.15, 0.2) is 11.6 Å². The van der Waals surface area contributed by atoms with Gasteiger partial charge in [-0.1, -0.05) is 19.4 Å². The van der Waals surface area contributed by atoms with Crippen LogP contribution in [0.5, 0.6) is 0 Å². The highest BCUT2D eigenvalue weighted by atomic mass is 16.6. The number of rotatable bonds is 1. The van der Waals surface area contributed by atoms with Crippen molar-refractivity contribution in [3.63, 3.8) is 0 Å². The number of ether oxygens (including phenoxy) is 2. The van der Waals surface area contributed by atoms with Gasteiger partial charge in [-0.2, -0.15) is 0 Å². The molecule has 1 heterocycles. The first-order valence-electron chi connectivity index (χ1n) is 11.3. The van der Waals surface area contributed by atoms with E-state index >= 15 is 0 Å². The number of esters is 2. The van der Waals surface area contributed by atoms with Crippen molar-refractivity contribution in [1.29, 1.82) is 0 Å². The summed E-state index contributed by atoms with van der Waals surface area (Å²) in [7, 11) is 1.48. The molecule has 5 heteroatoms. The average molecular weight is 401 g/mol. The highest BCUT2D eigenvalue weighted by Crippen LogP contribution is 2.67. The second-order valence-corrected chi connectivity index (χ2v) is 10.6. The molecule has 5 unspecified atom stereocenters. The summed E-state index contributed by atoms with van der Waals surface area (Å²) in [4.78, 5) is 37.1. The number of hydrogen-bond donors (Lipinski definition) is 0. The maximum atomic E-state index is 12.9. The van der Waals surface area contributed by atoms with Crippen LogP contribution in [0.1, 0.15) is 65.2 Å². The van der Waals surface area contributed by atoms with E-state index in [9.17, 15) is 14.4 Å². The molecule has 0 aromatic heterocycles. The molecule has 158 valence electrons. The Morgan fingerprint density at radius 1 is 1.21 bits per heavy atom. The summed E-state index contributed by atoms with van der Waals surface area (Å²) in [5.74, 6) is 1.56. The predicted molar refractivity (Wildman–Crippen MR) is 106 cm³/mol. The van der Waals surface area contributed by atoms with Gasteiger partial charge in [-0.15, -0.1) is 0 Å². The van der Waals surface area contributed by atoms with Crippen LogP contribution in [-0.2, 0) is 23.9 Å². The minimum Gasteiger partial charge on any atom is -0.469 e. The molecule has 0 amide bonds. The van der Waals surface area contributed by atoms with Crippen molar-refractivity contribution < 1.29 is 23.9 Å². The number of methoxy groups -OCH3 is 1. The molecular formula is C24H32O5. The quantitative estimate of drug-likeness (QED) is 0.626. The zero-order chi connectivity index (χ0) is 20.6. The summed E-state index contributed by atoms with van der Waals surface area (Å²) in [5, 5.41) is 0. The van der Waals surface area contributed by atoms with Crippen molar-refractivity contribution >= 4 is 17.7 Å². The van der Waals surface area contributed by atoms with Crippen LogP contribution in [0.2, 0.25) is 0 Å². The molecule has 5 aliphatic rings. The Labute approximate surface area is 172 Å². The Bertz CT molecular complexity index is 799. The summed E-state index contributed by atoms with van der Waals surface area (Å²) in [5.41, 5.74) is 0.840. The van der Waals surface area contributed by atoms with E-state index in [1.807, 2.05) is 6.08 Å². The van der Waals surface area contributed by atoms with Crippen molar-refractivity contribution in [2.45, 2.75) is 70.8 Å². The fourth-order valence-electron chi connectivity index (χ4n) is 8.32. The Morgan fingerprint density at radius 2 is 2.00 bits per heavy atom. The van der Waals surface area contributed by atoms with Gasteiger partial charge in [0.15, 0.2) is 5.78 Å². The lowest BCUT2D eigenvalue weighted by Gasteiger charge is -2.60. The highest BCUT2D eigenvalue weighted by molar-refractivity contribution is 5.92. The van der Waals surface area contributed by atoms with Gasteiger partial charge in [0.2, 0.25) is 0 Å². The van der Waals surface area contributed by atoms with Gasteiger partial charge in [0.25, 0.3) is 0 Å². The Morgan fingerprint density at radius 3 is 2.69 bits per heavy atom. The van der Waals surface area contributed by atoms with E-state index in [1.54, 1.807) is 0 Å². The number of ketones is 1. The topological polar surface area (TPSA) is 69.7 Å². The first-order chi connectivity index (χ1) is 13.8. The van der Waals surface area contributed by atoms with Crippen molar-refractivity contribution in [2.75, 3.05) is 7.11 Å². The molecule has 3 saturated carbocycles. The van der Waals surface area contributed by atoms with Crippen LogP contribution in [0.4, 0.5) is 0 Å². The predicted octanol–water partition coefficient (Wildman–Crippen LogP) is 3.85. The summed E-state index contributed by atoms with van der Waals surface area (Å²) < 4.78 is 11.2. The molecule has 0 bridgehead atoms. The third-order valence-electron chi connectivity index (χ3n) is 9.41. The zero-order valence-electron chi connectivity index (χ0n) is 17.7. The fourth-order valence-corrected chi connectivity index (χ4v) is 8.32. The molecule has 0 N–H and O–H groups in total. The van der Waals surface area contributed by atoms with Crippen molar-refractivity contribution in [1.82, 2.24) is 0 Å². The lowest BCUT2D eigenvalue weighted by atomic mass is 9.44. The molecule has 1 spiro atoms. The lowest BCUT2D eigenvalue weighted by Crippen LogP contribution is -2.57. The molecule has 29 heavy (non-hydrogen) atoms. The molecular weight excluding hydrogens is 368 g/mol. The number of carbonyl (C=O) groups is 3. The molecule has 5 rings (SSSR count). The zero-order valence-corrected chi connectivity index (χ0v) is 17.7. The van der Waals surface area contributed by atoms with Crippen LogP contribution in [0, 0.1) is 40.9 Å². The third-order valence-corrected chi connectivity index (χ3v) is 9.41. The standard InChI is InChI=1S/C24H32O5/c1-13-10-18-16(5-8-24(18)9-6-19(26)29-24)20-17(22(27)28-3)12-14-11-15(25)4-7-23(14,2)21(13)20/h11,13,16-18,20-21H,4-10,12H2,1-3H3/t13-,16?,17-,18?,20?,21?,23?,24-/m1/s1. The van der Waals surface area contributed by atoms with Crippen molar-refractivity contribution in [3.8, 4) is 0 Å². The maximum Gasteiger partial charge on any atom is 0.309 e. The van der Waals surface area contributed by atoms with Crippen LogP contribution < -0.4 is 0 Å². The van der Waals surface area contributed by atoms with Gasteiger partial charge in [0.1, 0.15) is 5.60 Å². The molecule has 0 aromatic carbocycles. The second-order valence-electron chi connectivity index (χ2n) is 10.6. The van der Waals surface area contributed by atoms with E-state index in [1.165, 1.54) is 7.11 Å². The molecule has 0 radical (unpaired) electrons. The molecule has 8 atom stereocenters. The molecule has 1 saturated heterocycles.